The first-order valence-corrected chi connectivity index (χ1v) is 7.68. The summed E-state index contributed by atoms with van der Waals surface area (Å²) in [6.07, 6.45) is 2.22. The van der Waals surface area contributed by atoms with Gasteiger partial charge in [-0.05, 0) is 25.9 Å². The Balaban J connectivity index is 1.82. The van der Waals surface area contributed by atoms with Crippen molar-refractivity contribution >= 4 is 11.3 Å². The minimum absolute atomic E-state index is 0.270. The molecular weight excluding hydrogens is 246 g/mol. The van der Waals surface area contributed by atoms with Crippen LogP contribution in [-0.4, -0.2) is 59.2 Å². The number of thiazole rings is 1. The molecule has 0 aromatic carbocycles. The van der Waals surface area contributed by atoms with Crippen LogP contribution in [0.4, 0.5) is 0 Å². The molecule has 0 atom stereocenters. The van der Waals surface area contributed by atoms with E-state index in [1.165, 1.54) is 17.1 Å². The van der Waals surface area contributed by atoms with E-state index in [0.29, 0.717) is 0 Å². The molecule has 1 aliphatic heterocycles. The Bertz CT molecular complexity index is 356. The number of aryl methyl sites for hydroxylation is 1. The Kier molecular flexibility index (Phi) is 5.56. The normalized spacial score (nSPS) is 19.0. The molecule has 1 N–H and O–H groups in total. The van der Waals surface area contributed by atoms with Gasteiger partial charge in [-0.1, -0.05) is 6.92 Å². The van der Waals surface area contributed by atoms with Crippen LogP contribution in [0, 0.1) is 0 Å². The summed E-state index contributed by atoms with van der Waals surface area (Å²) in [4.78, 5) is 9.46. The summed E-state index contributed by atoms with van der Waals surface area (Å²) < 4.78 is 0. The zero-order chi connectivity index (χ0) is 12.8. The first-order chi connectivity index (χ1) is 8.81. The Labute approximate surface area is 113 Å². The van der Waals surface area contributed by atoms with Crippen molar-refractivity contribution in [2.45, 2.75) is 26.3 Å². The first kappa shape index (κ1) is 13.9. The molecule has 0 bridgehead atoms. The lowest BCUT2D eigenvalue weighted by Gasteiger charge is -2.20. The molecule has 18 heavy (non-hydrogen) atoms. The van der Waals surface area contributed by atoms with Gasteiger partial charge in [-0.15, -0.1) is 11.3 Å². The van der Waals surface area contributed by atoms with Crippen molar-refractivity contribution in [3.05, 3.63) is 16.1 Å². The molecule has 4 nitrogen and oxygen atoms in total. The van der Waals surface area contributed by atoms with Gasteiger partial charge in [0.25, 0.3) is 0 Å². The molecule has 2 heterocycles. The van der Waals surface area contributed by atoms with Gasteiger partial charge in [0.15, 0.2) is 0 Å². The van der Waals surface area contributed by atoms with Gasteiger partial charge < -0.3 is 5.11 Å². The summed E-state index contributed by atoms with van der Waals surface area (Å²) in [5.41, 5.74) is 1.22. The molecule has 0 spiro atoms. The van der Waals surface area contributed by atoms with Crippen LogP contribution in [0.5, 0.6) is 0 Å². The Morgan fingerprint density at radius 3 is 2.78 bits per heavy atom. The van der Waals surface area contributed by atoms with Crippen LogP contribution in [0.25, 0.3) is 0 Å². The minimum Gasteiger partial charge on any atom is -0.395 e. The Morgan fingerprint density at radius 2 is 2.06 bits per heavy atom. The second-order valence-electron chi connectivity index (χ2n) is 4.78. The highest BCUT2D eigenvalue weighted by Crippen LogP contribution is 2.13. The Hall–Kier alpha value is -0.490. The van der Waals surface area contributed by atoms with Crippen LogP contribution < -0.4 is 0 Å². The SMILES string of the molecule is CCc1nc(CN2CCCN(CCO)CC2)cs1. The molecule has 1 aromatic heterocycles. The third-order valence-electron chi connectivity index (χ3n) is 3.38. The molecule has 5 heteroatoms. The zero-order valence-corrected chi connectivity index (χ0v) is 12.0. The quantitative estimate of drug-likeness (QED) is 0.872. The smallest absolute Gasteiger partial charge is 0.0926 e. The fourth-order valence-corrected chi connectivity index (χ4v) is 3.10. The van der Waals surface area contributed by atoms with E-state index in [0.717, 1.165) is 45.7 Å². The maximum atomic E-state index is 8.98. The summed E-state index contributed by atoms with van der Waals surface area (Å²) in [7, 11) is 0. The molecule has 102 valence electrons. The fourth-order valence-electron chi connectivity index (χ4n) is 2.36. The average molecular weight is 269 g/mol. The lowest BCUT2D eigenvalue weighted by atomic mass is 10.3. The number of rotatable bonds is 5. The van der Waals surface area contributed by atoms with E-state index in [-0.39, 0.29) is 6.61 Å². The second-order valence-corrected chi connectivity index (χ2v) is 5.72. The molecular formula is C13H23N3OS. The van der Waals surface area contributed by atoms with E-state index in [4.69, 9.17) is 5.11 Å². The van der Waals surface area contributed by atoms with E-state index >= 15 is 0 Å². The molecule has 2 rings (SSSR count). The molecule has 0 saturated carbocycles. The zero-order valence-electron chi connectivity index (χ0n) is 11.1. The highest BCUT2D eigenvalue weighted by atomic mass is 32.1. The van der Waals surface area contributed by atoms with Gasteiger partial charge in [0.05, 0.1) is 17.3 Å². The number of β-amino-alcohol motifs (C(OH)–C–C–N with tert-alkyl or cyclic N) is 1. The van der Waals surface area contributed by atoms with Crippen molar-refractivity contribution in [3.63, 3.8) is 0 Å². The van der Waals surface area contributed by atoms with Crippen LogP contribution in [-0.2, 0) is 13.0 Å². The predicted octanol–water partition coefficient (Wildman–Crippen LogP) is 1.21. The van der Waals surface area contributed by atoms with Gasteiger partial charge in [-0.25, -0.2) is 4.98 Å². The standard InChI is InChI=1S/C13H23N3OS/c1-2-13-14-12(11-18-13)10-16-5-3-4-15(6-7-16)8-9-17/h11,17H,2-10H2,1H3. The third kappa shape index (κ3) is 4.02. The van der Waals surface area contributed by atoms with Gasteiger partial charge in [0, 0.05) is 31.6 Å². The lowest BCUT2D eigenvalue weighted by Crippen LogP contribution is -2.32. The van der Waals surface area contributed by atoms with Crippen LogP contribution in [0.15, 0.2) is 5.38 Å². The van der Waals surface area contributed by atoms with Crippen LogP contribution in [0.3, 0.4) is 0 Å². The van der Waals surface area contributed by atoms with Gasteiger partial charge in [0.1, 0.15) is 0 Å². The number of aromatic nitrogens is 1. The van der Waals surface area contributed by atoms with Crippen molar-refractivity contribution in [1.82, 2.24) is 14.8 Å². The minimum atomic E-state index is 0.270. The molecule has 0 unspecified atom stereocenters. The highest BCUT2D eigenvalue weighted by molar-refractivity contribution is 7.09. The highest BCUT2D eigenvalue weighted by Gasteiger charge is 2.15. The molecule has 1 saturated heterocycles. The number of nitrogens with zero attached hydrogens (tertiary/aromatic N) is 3. The van der Waals surface area contributed by atoms with Gasteiger partial charge >= 0.3 is 0 Å². The summed E-state index contributed by atoms with van der Waals surface area (Å²) >= 11 is 1.77. The molecule has 0 amide bonds. The number of hydrogen-bond donors (Lipinski definition) is 1. The van der Waals surface area contributed by atoms with Crippen molar-refractivity contribution in [3.8, 4) is 0 Å². The summed E-state index contributed by atoms with van der Waals surface area (Å²) in [5.74, 6) is 0. The number of aliphatic hydroxyl groups excluding tert-OH is 1. The summed E-state index contributed by atoms with van der Waals surface area (Å²) in [6.45, 7) is 8.60. The number of aliphatic hydroxyl groups is 1. The van der Waals surface area contributed by atoms with Gasteiger partial charge in [0.2, 0.25) is 0 Å². The van der Waals surface area contributed by atoms with E-state index in [2.05, 4.69) is 27.1 Å². The van der Waals surface area contributed by atoms with Crippen molar-refractivity contribution in [1.29, 1.82) is 0 Å². The van der Waals surface area contributed by atoms with Crippen LogP contribution in [0.1, 0.15) is 24.0 Å². The van der Waals surface area contributed by atoms with Gasteiger partial charge in [-0.2, -0.15) is 0 Å². The summed E-state index contributed by atoms with van der Waals surface area (Å²) in [6, 6.07) is 0. The molecule has 1 fully saturated rings. The van der Waals surface area contributed by atoms with Crippen molar-refractivity contribution in [2.24, 2.45) is 0 Å². The van der Waals surface area contributed by atoms with Crippen molar-refractivity contribution < 1.29 is 5.11 Å². The van der Waals surface area contributed by atoms with E-state index in [1.54, 1.807) is 11.3 Å². The molecule has 0 radical (unpaired) electrons. The monoisotopic (exact) mass is 269 g/mol. The largest absolute Gasteiger partial charge is 0.395 e. The van der Waals surface area contributed by atoms with Gasteiger partial charge in [-0.3, -0.25) is 9.80 Å². The number of hydrogen-bond acceptors (Lipinski definition) is 5. The first-order valence-electron chi connectivity index (χ1n) is 6.80. The maximum Gasteiger partial charge on any atom is 0.0926 e. The summed E-state index contributed by atoms with van der Waals surface area (Å²) in [5, 5.41) is 12.4. The van der Waals surface area contributed by atoms with Crippen molar-refractivity contribution in [2.75, 3.05) is 39.3 Å². The molecule has 1 aromatic rings. The maximum absolute atomic E-state index is 8.98. The molecule has 0 aliphatic carbocycles. The topological polar surface area (TPSA) is 39.6 Å². The predicted molar refractivity (Wildman–Crippen MR) is 74.9 cm³/mol. The molecule has 1 aliphatic rings. The average Bonchev–Trinajstić information content (AvgIpc) is 2.71. The van der Waals surface area contributed by atoms with Crippen LogP contribution in [0.2, 0.25) is 0 Å². The van der Waals surface area contributed by atoms with Crippen LogP contribution >= 0.6 is 11.3 Å². The second kappa shape index (κ2) is 7.19. The Morgan fingerprint density at radius 1 is 1.28 bits per heavy atom. The lowest BCUT2D eigenvalue weighted by molar-refractivity contribution is 0.195. The van der Waals surface area contributed by atoms with E-state index in [9.17, 15) is 0 Å². The van der Waals surface area contributed by atoms with E-state index in [1.807, 2.05) is 0 Å². The third-order valence-corrected chi connectivity index (χ3v) is 4.43. The van der Waals surface area contributed by atoms with E-state index < -0.39 is 0 Å². The fraction of sp³-hybridized carbons (Fsp3) is 0.769.